The van der Waals surface area contributed by atoms with Gasteiger partial charge in [0.25, 0.3) is 0 Å². The molecule has 6 heteroatoms. The summed E-state index contributed by atoms with van der Waals surface area (Å²) in [7, 11) is 0. The van der Waals surface area contributed by atoms with E-state index in [4.69, 9.17) is 0 Å². The highest BCUT2D eigenvalue weighted by Crippen LogP contribution is 2.17. The average Bonchev–Trinajstić information content (AvgIpc) is 2.49. The number of piperazine rings is 1. The number of pyridine rings is 2. The molecule has 0 atom stereocenters. The summed E-state index contributed by atoms with van der Waals surface area (Å²) < 4.78 is 14.1. The summed E-state index contributed by atoms with van der Waals surface area (Å²) in [5, 5.41) is 0. The minimum atomic E-state index is -0.273. The molecule has 3 rings (SSSR count). The summed E-state index contributed by atoms with van der Waals surface area (Å²) in [5.74, 6) is 0.732. The molecular weight excluding hydrogens is 335 g/mol. The Kier molecular flexibility index (Phi) is 4.45. The van der Waals surface area contributed by atoms with E-state index in [0.29, 0.717) is 0 Å². The van der Waals surface area contributed by atoms with Gasteiger partial charge >= 0.3 is 0 Å². The van der Waals surface area contributed by atoms with E-state index in [1.165, 1.54) is 6.20 Å². The summed E-state index contributed by atoms with van der Waals surface area (Å²) in [6, 6.07) is 5.58. The van der Waals surface area contributed by atoms with Gasteiger partial charge in [-0.05, 0) is 39.7 Å². The first kappa shape index (κ1) is 14.4. The first-order valence-electron chi connectivity index (χ1n) is 6.89. The lowest BCUT2D eigenvalue weighted by molar-refractivity contribution is 0.248. The minimum absolute atomic E-state index is 0.273. The van der Waals surface area contributed by atoms with E-state index >= 15 is 0 Å². The Hall–Kier alpha value is -1.53. The third-order valence-corrected chi connectivity index (χ3v) is 4.04. The van der Waals surface area contributed by atoms with E-state index in [0.717, 1.165) is 48.6 Å². The maximum Gasteiger partial charge on any atom is 0.141 e. The standard InChI is InChI=1S/C15H16BrFN4/c16-13-1-2-15(19-9-13)21-5-3-20(4-6-21)11-12-7-14(17)10-18-8-12/h1-2,7-10H,3-6,11H2. The van der Waals surface area contributed by atoms with Crippen LogP contribution in [0.15, 0.2) is 41.3 Å². The minimum Gasteiger partial charge on any atom is -0.354 e. The number of nitrogens with zero attached hydrogens (tertiary/aromatic N) is 4. The number of halogens is 2. The predicted octanol–water partition coefficient (Wildman–Crippen LogP) is 2.70. The Morgan fingerprint density at radius 1 is 1.10 bits per heavy atom. The van der Waals surface area contributed by atoms with Gasteiger partial charge in [-0.2, -0.15) is 0 Å². The maximum atomic E-state index is 13.1. The zero-order chi connectivity index (χ0) is 14.7. The van der Waals surface area contributed by atoms with E-state index in [1.807, 2.05) is 18.3 Å². The number of hydrogen-bond acceptors (Lipinski definition) is 4. The molecule has 2 aromatic rings. The second-order valence-corrected chi connectivity index (χ2v) is 6.02. The molecule has 0 aromatic carbocycles. The number of hydrogen-bond donors (Lipinski definition) is 0. The van der Waals surface area contributed by atoms with Gasteiger partial charge in [-0.25, -0.2) is 9.37 Å². The summed E-state index contributed by atoms with van der Waals surface area (Å²) in [6.07, 6.45) is 4.78. The second-order valence-electron chi connectivity index (χ2n) is 5.11. The molecule has 2 aromatic heterocycles. The lowest BCUT2D eigenvalue weighted by atomic mass is 10.2. The predicted molar refractivity (Wildman–Crippen MR) is 83.6 cm³/mol. The van der Waals surface area contributed by atoms with Gasteiger partial charge in [0.05, 0.1) is 6.20 Å². The van der Waals surface area contributed by atoms with Crippen LogP contribution in [0.4, 0.5) is 10.2 Å². The van der Waals surface area contributed by atoms with Crippen molar-refractivity contribution in [3.05, 3.63) is 52.6 Å². The number of aromatic nitrogens is 2. The molecule has 0 bridgehead atoms. The normalized spacial score (nSPS) is 16.2. The Balaban J connectivity index is 1.56. The fraction of sp³-hybridized carbons (Fsp3) is 0.333. The molecule has 4 nitrogen and oxygen atoms in total. The maximum absolute atomic E-state index is 13.1. The van der Waals surface area contributed by atoms with Crippen LogP contribution in [0.2, 0.25) is 0 Å². The van der Waals surface area contributed by atoms with Crippen LogP contribution in [0, 0.1) is 5.82 Å². The quantitative estimate of drug-likeness (QED) is 0.851. The van der Waals surface area contributed by atoms with Crippen LogP contribution >= 0.6 is 15.9 Å². The van der Waals surface area contributed by atoms with Crippen molar-refractivity contribution in [1.82, 2.24) is 14.9 Å². The molecule has 0 spiro atoms. The van der Waals surface area contributed by atoms with Crippen LogP contribution in [-0.2, 0) is 6.54 Å². The van der Waals surface area contributed by atoms with Crippen molar-refractivity contribution in [3.8, 4) is 0 Å². The summed E-state index contributed by atoms with van der Waals surface area (Å²) in [5.41, 5.74) is 0.921. The van der Waals surface area contributed by atoms with Gasteiger partial charge in [0.2, 0.25) is 0 Å². The summed E-state index contributed by atoms with van der Waals surface area (Å²) >= 11 is 3.40. The first-order chi connectivity index (χ1) is 10.2. The van der Waals surface area contributed by atoms with E-state index < -0.39 is 0 Å². The molecule has 0 aliphatic carbocycles. The van der Waals surface area contributed by atoms with Crippen LogP contribution in [-0.4, -0.2) is 41.0 Å². The average molecular weight is 351 g/mol. The Labute approximate surface area is 131 Å². The molecule has 3 heterocycles. The topological polar surface area (TPSA) is 32.3 Å². The third-order valence-electron chi connectivity index (χ3n) is 3.58. The zero-order valence-corrected chi connectivity index (χ0v) is 13.1. The van der Waals surface area contributed by atoms with Crippen LogP contribution in [0.25, 0.3) is 0 Å². The molecule has 1 fully saturated rings. The Bertz CT molecular complexity index is 597. The van der Waals surface area contributed by atoms with Gasteiger partial charge < -0.3 is 4.90 Å². The van der Waals surface area contributed by atoms with E-state index in [1.54, 1.807) is 12.3 Å². The number of rotatable bonds is 3. The number of anilines is 1. The van der Waals surface area contributed by atoms with Gasteiger partial charge in [-0.15, -0.1) is 0 Å². The van der Waals surface area contributed by atoms with Gasteiger partial charge in [0.15, 0.2) is 0 Å². The molecule has 1 saturated heterocycles. The lowest BCUT2D eigenvalue weighted by Crippen LogP contribution is -2.46. The van der Waals surface area contributed by atoms with Crippen molar-refractivity contribution < 1.29 is 4.39 Å². The highest BCUT2D eigenvalue weighted by Gasteiger charge is 2.18. The van der Waals surface area contributed by atoms with Crippen molar-refractivity contribution in [1.29, 1.82) is 0 Å². The molecular formula is C15H16BrFN4. The molecule has 21 heavy (non-hydrogen) atoms. The highest BCUT2D eigenvalue weighted by atomic mass is 79.9. The fourth-order valence-electron chi connectivity index (χ4n) is 2.49. The van der Waals surface area contributed by atoms with Crippen molar-refractivity contribution in [2.75, 3.05) is 31.1 Å². The van der Waals surface area contributed by atoms with E-state index in [9.17, 15) is 4.39 Å². The Morgan fingerprint density at radius 3 is 2.57 bits per heavy atom. The smallest absolute Gasteiger partial charge is 0.141 e. The van der Waals surface area contributed by atoms with Crippen LogP contribution in [0.5, 0.6) is 0 Å². The molecule has 0 radical (unpaired) electrons. The molecule has 0 saturated carbocycles. The molecule has 1 aliphatic rings. The van der Waals surface area contributed by atoms with Gasteiger partial charge in [-0.1, -0.05) is 0 Å². The molecule has 0 N–H and O–H groups in total. The second kappa shape index (κ2) is 6.49. The van der Waals surface area contributed by atoms with Crippen LogP contribution < -0.4 is 4.90 Å². The molecule has 1 aliphatic heterocycles. The van der Waals surface area contributed by atoms with Gasteiger partial charge in [0, 0.05) is 49.6 Å². The van der Waals surface area contributed by atoms with Crippen molar-refractivity contribution >= 4 is 21.7 Å². The molecule has 0 amide bonds. The Morgan fingerprint density at radius 2 is 1.90 bits per heavy atom. The highest BCUT2D eigenvalue weighted by molar-refractivity contribution is 9.10. The largest absolute Gasteiger partial charge is 0.354 e. The van der Waals surface area contributed by atoms with Crippen molar-refractivity contribution in [3.63, 3.8) is 0 Å². The van der Waals surface area contributed by atoms with Crippen molar-refractivity contribution in [2.24, 2.45) is 0 Å². The van der Waals surface area contributed by atoms with Crippen LogP contribution in [0.1, 0.15) is 5.56 Å². The van der Waals surface area contributed by atoms with Crippen molar-refractivity contribution in [2.45, 2.75) is 6.54 Å². The monoisotopic (exact) mass is 350 g/mol. The zero-order valence-electron chi connectivity index (χ0n) is 11.5. The fourth-order valence-corrected chi connectivity index (χ4v) is 2.73. The van der Waals surface area contributed by atoms with Crippen LogP contribution in [0.3, 0.4) is 0 Å². The SMILES string of the molecule is Fc1cncc(CN2CCN(c3ccc(Br)cn3)CC2)c1. The molecule has 0 unspecified atom stereocenters. The summed E-state index contributed by atoms with van der Waals surface area (Å²) in [6.45, 7) is 4.48. The molecule has 110 valence electrons. The lowest BCUT2D eigenvalue weighted by Gasteiger charge is -2.35. The van der Waals surface area contributed by atoms with Gasteiger partial charge in [-0.3, -0.25) is 9.88 Å². The van der Waals surface area contributed by atoms with Gasteiger partial charge in [0.1, 0.15) is 11.6 Å². The first-order valence-corrected chi connectivity index (χ1v) is 7.68. The van der Waals surface area contributed by atoms with E-state index in [-0.39, 0.29) is 5.82 Å². The third kappa shape index (κ3) is 3.77. The summed E-state index contributed by atoms with van der Waals surface area (Å²) in [4.78, 5) is 12.9. The van der Waals surface area contributed by atoms with E-state index in [2.05, 4.69) is 35.7 Å².